The van der Waals surface area contributed by atoms with Gasteiger partial charge in [-0.3, -0.25) is 4.79 Å². The number of rotatable bonds is 2. The number of carbonyl (C=O) groups is 1. The van der Waals surface area contributed by atoms with E-state index >= 15 is 0 Å². The summed E-state index contributed by atoms with van der Waals surface area (Å²) in [5.74, 6) is -2.19. The van der Waals surface area contributed by atoms with E-state index in [1.54, 1.807) is 6.07 Å². The van der Waals surface area contributed by atoms with Crippen LogP contribution in [0.4, 0.5) is 20.2 Å². The predicted molar refractivity (Wildman–Crippen MR) is 77.9 cm³/mol. The van der Waals surface area contributed by atoms with Gasteiger partial charge in [-0.1, -0.05) is 17.7 Å². The fourth-order valence-corrected chi connectivity index (χ4v) is 2.17. The summed E-state index contributed by atoms with van der Waals surface area (Å²) in [6.07, 6.45) is 0. The van der Waals surface area contributed by atoms with Crippen molar-refractivity contribution in [2.24, 2.45) is 0 Å². The minimum Gasteiger partial charge on any atom is -0.398 e. The Morgan fingerprint density at radius 1 is 1.25 bits per heavy atom. The summed E-state index contributed by atoms with van der Waals surface area (Å²) < 4.78 is 27.0. The number of benzene rings is 2. The first-order chi connectivity index (χ1) is 9.40. The van der Waals surface area contributed by atoms with Gasteiger partial charge in [-0.2, -0.15) is 0 Å². The molecule has 0 unspecified atom stereocenters. The topological polar surface area (TPSA) is 55.1 Å². The molecule has 0 spiro atoms. The SMILES string of the molecule is Nc1cccc(Cl)c1C(=O)Nc1cc(F)c(Br)cc1F. The van der Waals surface area contributed by atoms with Crippen LogP contribution in [0.3, 0.4) is 0 Å². The predicted octanol–water partition coefficient (Wildman–Crippen LogP) is 4.22. The first-order valence-corrected chi connectivity index (χ1v) is 6.57. The van der Waals surface area contributed by atoms with Crippen molar-refractivity contribution in [3.05, 3.63) is 57.0 Å². The van der Waals surface area contributed by atoms with Crippen molar-refractivity contribution in [1.82, 2.24) is 0 Å². The summed E-state index contributed by atoms with van der Waals surface area (Å²) in [4.78, 5) is 12.0. The molecule has 104 valence electrons. The highest BCUT2D eigenvalue weighted by molar-refractivity contribution is 9.10. The average molecular weight is 362 g/mol. The molecular weight excluding hydrogens is 354 g/mol. The monoisotopic (exact) mass is 360 g/mol. The van der Waals surface area contributed by atoms with E-state index in [2.05, 4.69) is 21.2 Å². The molecule has 20 heavy (non-hydrogen) atoms. The summed E-state index contributed by atoms with van der Waals surface area (Å²) in [6.45, 7) is 0. The van der Waals surface area contributed by atoms with E-state index in [9.17, 15) is 13.6 Å². The molecule has 3 nitrogen and oxygen atoms in total. The average Bonchev–Trinajstić information content (AvgIpc) is 2.35. The maximum absolute atomic E-state index is 13.6. The van der Waals surface area contributed by atoms with Crippen LogP contribution in [0.25, 0.3) is 0 Å². The highest BCUT2D eigenvalue weighted by Gasteiger charge is 2.17. The van der Waals surface area contributed by atoms with Gasteiger partial charge in [0.25, 0.3) is 5.91 Å². The molecule has 0 fully saturated rings. The van der Waals surface area contributed by atoms with Crippen LogP contribution in [-0.4, -0.2) is 5.91 Å². The molecule has 0 aromatic heterocycles. The fraction of sp³-hybridized carbons (Fsp3) is 0. The molecule has 0 aliphatic heterocycles. The lowest BCUT2D eigenvalue weighted by Gasteiger charge is -2.10. The summed E-state index contributed by atoms with van der Waals surface area (Å²) in [5, 5.41) is 2.36. The second-order valence-corrected chi connectivity index (χ2v) is 5.17. The molecule has 2 aromatic rings. The van der Waals surface area contributed by atoms with Crippen LogP contribution < -0.4 is 11.1 Å². The van der Waals surface area contributed by atoms with Gasteiger partial charge >= 0.3 is 0 Å². The van der Waals surface area contributed by atoms with Crippen molar-refractivity contribution < 1.29 is 13.6 Å². The second kappa shape index (κ2) is 5.76. The third-order valence-corrected chi connectivity index (χ3v) is 3.45. The lowest BCUT2D eigenvalue weighted by atomic mass is 10.1. The van der Waals surface area contributed by atoms with Crippen molar-refractivity contribution in [1.29, 1.82) is 0 Å². The van der Waals surface area contributed by atoms with Gasteiger partial charge in [0.15, 0.2) is 0 Å². The number of halogens is 4. The first-order valence-electron chi connectivity index (χ1n) is 5.40. The Morgan fingerprint density at radius 3 is 2.60 bits per heavy atom. The van der Waals surface area contributed by atoms with Gasteiger partial charge < -0.3 is 11.1 Å². The van der Waals surface area contributed by atoms with E-state index in [-0.39, 0.29) is 26.4 Å². The van der Waals surface area contributed by atoms with E-state index in [0.29, 0.717) is 0 Å². The van der Waals surface area contributed by atoms with Gasteiger partial charge in [0, 0.05) is 11.8 Å². The smallest absolute Gasteiger partial charge is 0.259 e. The molecule has 7 heteroatoms. The number of nitrogens with one attached hydrogen (secondary N) is 1. The number of carbonyl (C=O) groups excluding carboxylic acids is 1. The van der Waals surface area contributed by atoms with Gasteiger partial charge in [-0.15, -0.1) is 0 Å². The number of anilines is 2. The molecule has 0 saturated heterocycles. The van der Waals surface area contributed by atoms with Gasteiger partial charge in [0.2, 0.25) is 0 Å². The van der Waals surface area contributed by atoms with Gasteiger partial charge in [0.1, 0.15) is 11.6 Å². The normalized spacial score (nSPS) is 10.4. The van der Waals surface area contributed by atoms with Crippen molar-refractivity contribution >= 4 is 44.8 Å². The Labute approximate surface area is 126 Å². The van der Waals surface area contributed by atoms with Crippen molar-refractivity contribution in [2.75, 3.05) is 11.1 Å². The Kier molecular flexibility index (Phi) is 4.25. The number of nitrogens with two attached hydrogens (primary N) is 1. The number of hydrogen-bond acceptors (Lipinski definition) is 2. The van der Waals surface area contributed by atoms with Crippen LogP contribution in [-0.2, 0) is 0 Å². The summed E-state index contributed by atoms with van der Waals surface area (Å²) >= 11 is 8.72. The number of hydrogen-bond donors (Lipinski definition) is 2. The zero-order chi connectivity index (χ0) is 14.9. The molecule has 0 atom stereocenters. The Morgan fingerprint density at radius 2 is 1.95 bits per heavy atom. The molecule has 0 bridgehead atoms. The minimum atomic E-state index is -0.780. The molecule has 3 N–H and O–H groups in total. The lowest BCUT2D eigenvalue weighted by Crippen LogP contribution is -2.15. The molecule has 0 saturated carbocycles. The van der Waals surface area contributed by atoms with Gasteiger partial charge in [-0.05, 0) is 34.1 Å². The van der Waals surface area contributed by atoms with Crippen LogP contribution in [0.15, 0.2) is 34.8 Å². The Hall–Kier alpha value is -1.66. The zero-order valence-electron chi connectivity index (χ0n) is 9.88. The molecule has 2 aromatic carbocycles. The molecule has 0 heterocycles. The highest BCUT2D eigenvalue weighted by Crippen LogP contribution is 2.26. The highest BCUT2D eigenvalue weighted by atomic mass is 79.9. The standard InChI is InChI=1S/C13H8BrClF2N2O/c14-6-4-9(17)11(5-8(6)16)19-13(20)12-7(15)2-1-3-10(12)18/h1-5H,18H2,(H,19,20). The van der Waals surface area contributed by atoms with E-state index < -0.39 is 17.5 Å². The quantitative estimate of drug-likeness (QED) is 0.622. The van der Waals surface area contributed by atoms with Crippen molar-refractivity contribution in [2.45, 2.75) is 0 Å². The van der Waals surface area contributed by atoms with Crippen LogP contribution in [0.5, 0.6) is 0 Å². The summed E-state index contributed by atoms with van der Waals surface area (Å²) in [7, 11) is 0. The van der Waals surface area contributed by atoms with E-state index in [0.717, 1.165) is 12.1 Å². The maximum atomic E-state index is 13.6. The molecule has 2 rings (SSSR count). The Bertz CT molecular complexity index is 674. The molecule has 1 amide bonds. The number of nitrogen functional groups attached to an aromatic ring is 1. The van der Waals surface area contributed by atoms with Crippen LogP contribution in [0, 0.1) is 11.6 Å². The first kappa shape index (κ1) is 14.7. The van der Waals surface area contributed by atoms with E-state index in [1.165, 1.54) is 12.1 Å². The lowest BCUT2D eigenvalue weighted by molar-refractivity contribution is 0.102. The zero-order valence-corrected chi connectivity index (χ0v) is 12.2. The second-order valence-electron chi connectivity index (χ2n) is 3.90. The van der Waals surface area contributed by atoms with Crippen LogP contribution in [0.2, 0.25) is 5.02 Å². The van der Waals surface area contributed by atoms with Gasteiger partial charge in [0.05, 0.1) is 20.7 Å². The molecular formula is C13H8BrClF2N2O. The van der Waals surface area contributed by atoms with Crippen LogP contribution >= 0.6 is 27.5 Å². The summed E-state index contributed by atoms with van der Waals surface area (Å²) in [5.41, 5.74) is 5.51. The molecule has 0 aliphatic rings. The molecule has 0 radical (unpaired) electrons. The molecule has 0 aliphatic carbocycles. The number of amides is 1. The van der Waals surface area contributed by atoms with Crippen molar-refractivity contribution in [3.63, 3.8) is 0 Å². The third kappa shape index (κ3) is 2.91. The fourth-order valence-electron chi connectivity index (χ4n) is 1.58. The largest absolute Gasteiger partial charge is 0.398 e. The van der Waals surface area contributed by atoms with E-state index in [4.69, 9.17) is 17.3 Å². The Balaban J connectivity index is 2.35. The van der Waals surface area contributed by atoms with Crippen molar-refractivity contribution in [3.8, 4) is 0 Å². The van der Waals surface area contributed by atoms with Crippen LogP contribution in [0.1, 0.15) is 10.4 Å². The van der Waals surface area contributed by atoms with Gasteiger partial charge in [-0.25, -0.2) is 8.78 Å². The van der Waals surface area contributed by atoms with E-state index in [1.807, 2.05) is 0 Å². The minimum absolute atomic E-state index is 0.0110. The third-order valence-electron chi connectivity index (χ3n) is 2.53. The maximum Gasteiger partial charge on any atom is 0.259 e. The summed E-state index contributed by atoms with van der Waals surface area (Å²) in [6, 6.07) is 6.32.